The van der Waals surface area contributed by atoms with Crippen LogP contribution in [0.4, 0.5) is 0 Å². The summed E-state index contributed by atoms with van der Waals surface area (Å²) in [6.45, 7) is 34.0. The van der Waals surface area contributed by atoms with Gasteiger partial charge >= 0.3 is 0 Å². The first-order valence-electron chi connectivity index (χ1n) is 52.3. The van der Waals surface area contributed by atoms with Gasteiger partial charge in [0.2, 0.25) is 0 Å². The molecule has 9 fully saturated rings. The summed E-state index contributed by atoms with van der Waals surface area (Å²) in [7, 11) is 15.7. The van der Waals surface area contributed by atoms with Gasteiger partial charge in [-0.05, 0) is 420 Å². The Hall–Kier alpha value is -9.18. The van der Waals surface area contributed by atoms with E-state index < -0.39 is 0 Å². The van der Waals surface area contributed by atoms with Gasteiger partial charge in [0, 0.05) is 85.1 Å². The molecule has 4 aromatic carbocycles. The molecule has 4 unspecified atom stereocenters. The number of furan rings is 2. The molecule has 137 heavy (non-hydrogen) atoms. The van der Waals surface area contributed by atoms with Crippen LogP contribution in [-0.4, -0.2) is 285 Å². The number of methoxy groups -OCH3 is 4. The first kappa shape index (κ1) is 99.4. The normalized spacial score (nSPS) is 21.2. The molecule has 10 aliphatic heterocycles. The third-order valence-corrected chi connectivity index (χ3v) is 30.4. The zero-order chi connectivity index (χ0) is 94.7. The molecule has 740 valence electrons. The maximum atomic E-state index is 6.25. The molecule has 9 saturated heterocycles. The molecule has 0 saturated carbocycles. The summed E-state index contributed by atoms with van der Waals surface area (Å²) < 4.78 is 72.4. The van der Waals surface area contributed by atoms with E-state index in [1.807, 2.05) is 44.2 Å². The van der Waals surface area contributed by atoms with E-state index in [4.69, 9.17) is 76.1 Å². The maximum Gasteiger partial charge on any atom is 0.163 e. The molecule has 0 N–H and O–H groups in total. The number of fused-ring (bicyclic) bond motifs is 4. The first-order valence-corrected chi connectivity index (χ1v) is 52.3. The summed E-state index contributed by atoms with van der Waals surface area (Å²) in [5, 5.41) is 4.64. The molecule has 10 aromatic rings. The fraction of sp³-hybridized carbons (Fsp3) is 0.593. The summed E-state index contributed by atoms with van der Waals surface area (Å²) in [6, 6.07) is 33.9. The zero-order valence-electron chi connectivity index (χ0n) is 84.6. The number of likely N-dealkylation sites (N-methyl/N-ethyl adjacent to an activating group) is 1. The van der Waals surface area contributed by atoms with E-state index in [2.05, 4.69) is 154 Å². The van der Waals surface area contributed by atoms with Crippen LogP contribution in [0.3, 0.4) is 0 Å². The summed E-state index contributed by atoms with van der Waals surface area (Å²) in [6.07, 6.45) is 31.3. The second-order valence-corrected chi connectivity index (χ2v) is 40.8. The van der Waals surface area contributed by atoms with Gasteiger partial charge in [0.25, 0.3) is 0 Å². The molecule has 0 aliphatic carbocycles. The fourth-order valence-corrected chi connectivity index (χ4v) is 22.2. The summed E-state index contributed by atoms with van der Waals surface area (Å²) in [4.78, 5) is 39.9. The molecule has 0 radical (unpaired) electrons. The summed E-state index contributed by atoms with van der Waals surface area (Å²) in [5.41, 5.74) is 14.4. The number of pyridine rings is 4. The van der Waals surface area contributed by atoms with Gasteiger partial charge in [0.05, 0.1) is 113 Å². The highest BCUT2D eigenvalue weighted by Crippen LogP contribution is 2.47. The lowest BCUT2D eigenvalue weighted by atomic mass is 9.86. The van der Waals surface area contributed by atoms with Crippen molar-refractivity contribution in [2.75, 3.05) is 214 Å². The van der Waals surface area contributed by atoms with E-state index in [0.29, 0.717) is 56.4 Å². The topological polar surface area (TPSA) is 196 Å². The van der Waals surface area contributed by atoms with Crippen LogP contribution in [0.15, 0.2) is 112 Å². The number of nitrogens with zero attached hydrogens (tertiary/aromatic N) is 12. The Bertz CT molecular complexity index is 5590. The van der Waals surface area contributed by atoms with Gasteiger partial charge in [-0.25, -0.2) is 19.9 Å². The maximum absolute atomic E-state index is 6.25. The Morgan fingerprint density at radius 2 is 0.715 bits per heavy atom. The van der Waals surface area contributed by atoms with Crippen LogP contribution < -0.4 is 37.9 Å². The number of hydrogen-bond acceptors (Lipinski definition) is 24. The number of hydrogen-bond donors (Lipinski definition) is 0. The quantitative estimate of drug-likeness (QED) is 0.0352. The minimum atomic E-state index is 0.0938. The summed E-state index contributed by atoms with van der Waals surface area (Å²) in [5.74, 6) is 11.4. The first-order chi connectivity index (χ1) is 66.9. The molecule has 24 nitrogen and oxygen atoms in total. The average molecular weight is 1870 g/mol. The Morgan fingerprint density at radius 1 is 0.350 bits per heavy atom. The van der Waals surface area contributed by atoms with E-state index in [-0.39, 0.29) is 12.2 Å². The van der Waals surface area contributed by atoms with E-state index in [0.717, 1.165) is 267 Å². The molecule has 0 amide bonds. The summed E-state index contributed by atoms with van der Waals surface area (Å²) >= 11 is 0. The van der Waals surface area contributed by atoms with Crippen molar-refractivity contribution in [1.29, 1.82) is 0 Å². The predicted molar refractivity (Wildman–Crippen MR) is 549 cm³/mol. The Balaban J connectivity index is 0.000000127. The highest BCUT2D eigenvalue weighted by atomic mass is 16.5. The van der Waals surface area contributed by atoms with Crippen LogP contribution in [0.5, 0.6) is 46.0 Å². The third kappa shape index (κ3) is 26.2. The molecule has 0 bridgehead atoms. The molecule has 20 rings (SSSR count). The van der Waals surface area contributed by atoms with Crippen LogP contribution in [0.25, 0.3) is 72.1 Å². The number of ether oxygens (including phenoxy) is 10. The van der Waals surface area contributed by atoms with Crippen molar-refractivity contribution in [1.82, 2.24) is 59.1 Å². The number of likely N-dealkylation sites (tertiary alicyclic amines) is 7. The van der Waals surface area contributed by atoms with Gasteiger partial charge in [0.15, 0.2) is 57.5 Å². The molecule has 0 spiro atoms. The zero-order valence-corrected chi connectivity index (χ0v) is 84.6. The lowest BCUT2D eigenvalue weighted by Crippen LogP contribution is -2.31. The van der Waals surface area contributed by atoms with Crippen LogP contribution in [0.1, 0.15) is 231 Å². The fourth-order valence-electron chi connectivity index (χ4n) is 22.2. The molecule has 16 heterocycles. The number of aromatic nitrogens is 4. The van der Waals surface area contributed by atoms with Crippen molar-refractivity contribution in [2.45, 2.75) is 218 Å². The SMILES string of the molecule is COc1cc2c(C3=CCN(C)CC3)cc(-c3ccc(C)o3)nc2cc1OCCCN1CCCC1.COc1cc2c(C3CCN(C)CC3)cc(-c3ccc(C)o3)nc2cc1OCCCN1CCCC1.COc1cc2c(C3CCN(C)CC3)cc(C3CCC(C)O3)nc2cc1OCCCN1CCCC1.COc1cc2c(CC3CCN(C)CC3)cc(C3CCC(C)O3)nc2cc1OCCCN1CCCC1. The number of piperidine rings is 3. The highest BCUT2D eigenvalue weighted by Gasteiger charge is 2.33. The second kappa shape index (κ2) is 48.3. The molecule has 24 heteroatoms. The number of aryl methyl sites for hydroxylation is 2. The highest BCUT2D eigenvalue weighted by molar-refractivity contribution is 5.96. The van der Waals surface area contributed by atoms with Crippen molar-refractivity contribution in [3.63, 3.8) is 0 Å². The minimum absolute atomic E-state index is 0.0938. The van der Waals surface area contributed by atoms with Crippen LogP contribution >= 0.6 is 0 Å². The van der Waals surface area contributed by atoms with E-state index in [1.54, 1.807) is 28.4 Å². The van der Waals surface area contributed by atoms with Crippen molar-refractivity contribution >= 4 is 49.2 Å². The van der Waals surface area contributed by atoms with Crippen molar-refractivity contribution in [3.05, 3.63) is 148 Å². The third-order valence-electron chi connectivity index (χ3n) is 30.4. The molecular formula is C113H156N12O12. The Labute approximate surface area is 815 Å². The lowest BCUT2D eigenvalue weighted by molar-refractivity contribution is 0.0530. The Morgan fingerprint density at radius 3 is 1.09 bits per heavy atom. The largest absolute Gasteiger partial charge is 0.493 e. The lowest BCUT2D eigenvalue weighted by Gasteiger charge is -2.30. The predicted octanol–water partition coefficient (Wildman–Crippen LogP) is 21.3. The second-order valence-electron chi connectivity index (χ2n) is 40.8. The standard InChI is InChI=1S/C29H43N3O3.C28H41N3O3.C28H37N3O3.C28H35N3O3/c1-21-7-8-27(35-21)26-18-23(17-22-9-14-31(2)15-10-22)24-19-28(33-3)29(20-25(24)30-26)34-16-6-13-32-11-4-5-12-32;3*1-20-7-8-26(34-20)25-17-22(21-9-14-30(2)15-10-21)23-18-27(32-3)28(19-24(23)29-25)33-16-6-13-31-11-4-5-12-31/h18-22,27H,4-17H2,1-3H3;17-21,26H,4-16H2,1-3H3;7-8,17-19,21H,4-6,9-16H2,1-3H3;7-9,17-19H,4-6,10-16H2,1-3H3. The van der Waals surface area contributed by atoms with E-state index in [9.17, 15) is 0 Å². The van der Waals surface area contributed by atoms with Crippen LogP contribution in [0, 0.1) is 19.8 Å². The average Bonchev–Trinajstić information content (AvgIpc) is 1.49. The van der Waals surface area contributed by atoms with Crippen molar-refractivity contribution in [2.24, 2.45) is 5.92 Å². The van der Waals surface area contributed by atoms with Crippen molar-refractivity contribution in [3.8, 4) is 68.9 Å². The van der Waals surface area contributed by atoms with Crippen LogP contribution in [-0.2, 0) is 15.9 Å². The minimum Gasteiger partial charge on any atom is -0.493 e. The van der Waals surface area contributed by atoms with E-state index in [1.165, 1.54) is 181 Å². The van der Waals surface area contributed by atoms with Gasteiger partial charge in [-0.3, -0.25) is 0 Å². The number of benzene rings is 4. The van der Waals surface area contributed by atoms with Crippen molar-refractivity contribution < 1.29 is 56.2 Å². The number of rotatable bonds is 33. The van der Waals surface area contributed by atoms with Gasteiger partial charge < -0.3 is 95.4 Å². The Kier molecular flexibility index (Phi) is 35.1. The van der Waals surface area contributed by atoms with Crippen LogP contribution in [0.2, 0.25) is 0 Å². The van der Waals surface area contributed by atoms with Gasteiger partial charge in [0.1, 0.15) is 22.9 Å². The van der Waals surface area contributed by atoms with E-state index >= 15 is 0 Å². The molecular weight excluding hydrogens is 1720 g/mol. The smallest absolute Gasteiger partial charge is 0.163 e. The monoisotopic (exact) mass is 1870 g/mol. The molecule has 10 aliphatic rings. The molecule has 6 aromatic heterocycles. The molecule has 4 atom stereocenters. The van der Waals surface area contributed by atoms with Gasteiger partial charge in [-0.2, -0.15) is 0 Å². The van der Waals surface area contributed by atoms with Gasteiger partial charge in [-0.1, -0.05) is 6.08 Å². The van der Waals surface area contributed by atoms with Gasteiger partial charge in [-0.15, -0.1) is 0 Å².